The highest BCUT2D eigenvalue weighted by Crippen LogP contribution is 2.23. The van der Waals surface area contributed by atoms with Gasteiger partial charge in [-0.2, -0.15) is 0 Å². The topological polar surface area (TPSA) is 15.3 Å². The Kier molecular flexibility index (Phi) is 6.96. The minimum absolute atomic E-state index is 0. The second-order valence-corrected chi connectivity index (χ2v) is 5.92. The van der Waals surface area contributed by atoms with Gasteiger partial charge in [0, 0.05) is 28.6 Å². The number of hydrogen-bond acceptors (Lipinski definition) is 2. The lowest BCUT2D eigenvalue weighted by molar-refractivity contribution is 0.188. The number of benzene rings is 1. The summed E-state index contributed by atoms with van der Waals surface area (Å²) in [6.45, 7) is 3.22. The number of rotatable bonds is 3. The maximum atomic E-state index is 6.22. The quantitative estimate of drug-likeness (QED) is 0.891. The molecule has 1 aliphatic heterocycles. The maximum Gasteiger partial charge on any atom is 0.0451 e. The molecule has 1 saturated heterocycles. The highest BCUT2D eigenvalue weighted by Gasteiger charge is 2.19. The molecule has 2 rings (SSSR count). The average Bonchev–Trinajstić information content (AvgIpc) is 2.34. The van der Waals surface area contributed by atoms with Crippen molar-refractivity contribution in [1.82, 2.24) is 10.2 Å². The molecule has 5 heteroatoms. The summed E-state index contributed by atoms with van der Waals surface area (Å²) in [6, 6.07) is 6.68. The van der Waals surface area contributed by atoms with Gasteiger partial charge in [-0.25, -0.2) is 0 Å². The number of likely N-dealkylation sites (N-methyl/N-ethyl adjacent to an activating group) is 1. The van der Waals surface area contributed by atoms with Crippen LogP contribution in [0.2, 0.25) is 5.02 Å². The third-order valence-electron chi connectivity index (χ3n) is 3.32. The van der Waals surface area contributed by atoms with Crippen molar-refractivity contribution in [2.45, 2.75) is 25.4 Å². The SMILES string of the molecule is CNC1CCCN(Cc2cc(Br)ccc2Cl)C1.Cl. The monoisotopic (exact) mass is 352 g/mol. The van der Waals surface area contributed by atoms with Gasteiger partial charge in [-0.3, -0.25) is 4.90 Å². The first-order chi connectivity index (χ1) is 8.19. The van der Waals surface area contributed by atoms with Crippen LogP contribution >= 0.6 is 39.9 Å². The van der Waals surface area contributed by atoms with Crippen LogP contribution < -0.4 is 5.32 Å². The van der Waals surface area contributed by atoms with Crippen molar-refractivity contribution in [2.75, 3.05) is 20.1 Å². The smallest absolute Gasteiger partial charge is 0.0451 e. The Hall–Kier alpha value is 0.200. The van der Waals surface area contributed by atoms with Gasteiger partial charge >= 0.3 is 0 Å². The predicted octanol–water partition coefficient (Wildman–Crippen LogP) is 3.71. The van der Waals surface area contributed by atoms with E-state index in [2.05, 4.69) is 32.2 Å². The normalized spacial score (nSPS) is 20.5. The first-order valence-corrected chi connectivity index (χ1v) is 7.19. The third-order valence-corrected chi connectivity index (χ3v) is 4.18. The molecule has 0 aliphatic carbocycles. The summed E-state index contributed by atoms with van der Waals surface area (Å²) in [5, 5.41) is 4.22. The minimum Gasteiger partial charge on any atom is -0.316 e. The maximum absolute atomic E-state index is 6.22. The molecule has 102 valence electrons. The Morgan fingerprint density at radius 2 is 2.28 bits per heavy atom. The molecule has 1 atom stereocenters. The predicted molar refractivity (Wildman–Crippen MR) is 83.8 cm³/mol. The molecule has 0 radical (unpaired) electrons. The lowest BCUT2D eigenvalue weighted by Crippen LogP contribution is -2.43. The molecule has 1 fully saturated rings. The molecule has 2 nitrogen and oxygen atoms in total. The first kappa shape index (κ1) is 16.3. The number of nitrogens with one attached hydrogen (secondary N) is 1. The molecule has 0 saturated carbocycles. The number of halogens is 3. The fraction of sp³-hybridized carbons (Fsp3) is 0.538. The van der Waals surface area contributed by atoms with Gasteiger partial charge in [0.05, 0.1) is 0 Å². The largest absolute Gasteiger partial charge is 0.316 e. The van der Waals surface area contributed by atoms with E-state index in [4.69, 9.17) is 11.6 Å². The zero-order chi connectivity index (χ0) is 12.3. The molecule has 0 amide bonds. The lowest BCUT2D eigenvalue weighted by atomic mass is 10.1. The van der Waals surface area contributed by atoms with Crippen molar-refractivity contribution in [3.63, 3.8) is 0 Å². The van der Waals surface area contributed by atoms with Crippen molar-refractivity contribution in [2.24, 2.45) is 0 Å². The summed E-state index contributed by atoms with van der Waals surface area (Å²) < 4.78 is 1.10. The van der Waals surface area contributed by atoms with Crippen LogP contribution in [-0.2, 0) is 6.54 Å². The molecule has 0 bridgehead atoms. The Labute approximate surface area is 129 Å². The van der Waals surface area contributed by atoms with Crippen molar-refractivity contribution in [1.29, 1.82) is 0 Å². The summed E-state index contributed by atoms with van der Waals surface area (Å²) in [5.41, 5.74) is 1.21. The molecule has 1 aliphatic rings. The molecule has 0 aromatic heterocycles. The minimum atomic E-state index is 0. The number of nitrogens with zero attached hydrogens (tertiary/aromatic N) is 1. The highest BCUT2D eigenvalue weighted by atomic mass is 79.9. The lowest BCUT2D eigenvalue weighted by Gasteiger charge is -2.32. The molecule has 18 heavy (non-hydrogen) atoms. The van der Waals surface area contributed by atoms with E-state index in [9.17, 15) is 0 Å². The van der Waals surface area contributed by atoms with Gasteiger partial charge in [-0.15, -0.1) is 12.4 Å². The molecule has 0 spiro atoms. The molecular weight excluding hydrogens is 335 g/mol. The number of hydrogen-bond donors (Lipinski definition) is 1. The van der Waals surface area contributed by atoms with Crippen molar-refractivity contribution in [3.05, 3.63) is 33.3 Å². The van der Waals surface area contributed by atoms with Crippen LogP contribution in [0.4, 0.5) is 0 Å². The molecule has 1 N–H and O–H groups in total. The van der Waals surface area contributed by atoms with Gasteiger partial charge < -0.3 is 5.32 Å². The molecular formula is C13H19BrCl2N2. The summed E-state index contributed by atoms with van der Waals surface area (Å²) >= 11 is 9.72. The second kappa shape index (κ2) is 7.71. The molecule has 1 aromatic carbocycles. The zero-order valence-electron chi connectivity index (χ0n) is 10.5. The van der Waals surface area contributed by atoms with Crippen molar-refractivity contribution < 1.29 is 0 Å². The Balaban J connectivity index is 0.00000162. The van der Waals surface area contributed by atoms with E-state index in [1.165, 1.54) is 24.9 Å². The van der Waals surface area contributed by atoms with Crippen LogP contribution in [0, 0.1) is 0 Å². The number of piperidine rings is 1. The Bertz CT molecular complexity index is 387. The van der Waals surface area contributed by atoms with Crippen LogP contribution in [0.15, 0.2) is 22.7 Å². The molecule has 1 aromatic rings. The summed E-state index contributed by atoms with van der Waals surface area (Å²) in [7, 11) is 2.04. The van der Waals surface area contributed by atoms with E-state index in [0.717, 1.165) is 22.6 Å². The van der Waals surface area contributed by atoms with E-state index >= 15 is 0 Å². The van der Waals surface area contributed by atoms with Crippen molar-refractivity contribution in [3.8, 4) is 0 Å². The third kappa shape index (κ3) is 4.39. The van der Waals surface area contributed by atoms with Gasteiger partial charge in [-0.05, 0) is 50.2 Å². The Morgan fingerprint density at radius 3 is 3.00 bits per heavy atom. The van der Waals surface area contributed by atoms with Crippen LogP contribution in [-0.4, -0.2) is 31.1 Å². The van der Waals surface area contributed by atoms with Gasteiger partial charge in [0.15, 0.2) is 0 Å². The Morgan fingerprint density at radius 1 is 1.50 bits per heavy atom. The average molecular weight is 354 g/mol. The fourth-order valence-corrected chi connectivity index (χ4v) is 2.93. The fourth-order valence-electron chi connectivity index (χ4n) is 2.34. The number of likely N-dealkylation sites (tertiary alicyclic amines) is 1. The highest BCUT2D eigenvalue weighted by molar-refractivity contribution is 9.10. The first-order valence-electron chi connectivity index (χ1n) is 6.02. The zero-order valence-corrected chi connectivity index (χ0v) is 13.6. The van der Waals surface area contributed by atoms with E-state index in [-0.39, 0.29) is 12.4 Å². The van der Waals surface area contributed by atoms with E-state index in [1.54, 1.807) is 0 Å². The van der Waals surface area contributed by atoms with E-state index < -0.39 is 0 Å². The van der Waals surface area contributed by atoms with Gasteiger partial charge in [0.2, 0.25) is 0 Å². The van der Waals surface area contributed by atoms with Crippen LogP contribution in [0.5, 0.6) is 0 Å². The standard InChI is InChI=1S/C13H18BrClN2.ClH/c1-16-12-3-2-6-17(9-12)8-10-7-11(14)4-5-13(10)15;/h4-5,7,12,16H,2-3,6,8-9H2,1H3;1H. The molecule has 1 heterocycles. The summed E-state index contributed by atoms with van der Waals surface area (Å²) in [4.78, 5) is 2.47. The van der Waals surface area contributed by atoms with Crippen LogP contribution in [0.25, 0.3) is 0 Å². The van der Waals surface area contributed by atoms with Gasteiger partial charge in [0.1, 0.15) is 0 Å². The van der Waals surface area contributed by atoms with Crippen LogP contribution in [0.3, 0.4) is 0 Å². The van der Waals surface area contributed by atoms with E-state index in [0.29, 0.717) is 6.04 Å². The van der Waals surface area contributed by atoms with Crippen LogP contribution in [0.1, 0.15) is 18.4 Å². The van der Waals surface area contributed by atoms with Gasteiger partial charge in [0.25, 0.3) is 0 Å². The molecule has 1 unspecified atom stereocenters. The van der Waals surface area contributed by atoms with E-state index in [1.807, 2.05) is 19.2 Å². The van der Waals surface area contributed by atoms with Gasteiger partial charge in [-0.1, -0.05) is 27.5 Å². The second-order valence-electron chi connectivity index (χ2n) is 4.60. The summed E-state index contributed by atoms with van der Waals surface area (Å²) in [6.07, 6.45) is 2.54. The van der Waals surface area contributed by atoms with Crippen molar-refractivity contribution >= 4 is 39.9 Å². The summed E-state index contributed by atoms with van der Waals surface area (Å²) in [5.74, 6) is 0.